The van der Waals surface area contributed by atoms with Crippen molar-refractivity contribution >= 4 is 5.97 Å². The second kappa shape index (κ2) is 15.3. The predicted octanol–water partition coefficient (Wildman–Crippen LogP) is 6.27. The summed E-state index contributed by atoms with van der Waals surface area (Å²) in [6, 6.07) is 0. The minimum absolute atomic E-state index is 0.313. The SMILES string of the molecule is C=C(C=CCCCCCCC)CCCCCCCC(=O)O. The Hall–Kier alpha value is -1.05. The summed E-state index contributed by atoms with van der Waals surface area (Å²) < 4.78 is 0. The van der Waals surface area contributed by atoms with E-state index in [1.807, 2.05) is 0 Å². The van der Waals surface area contributed by atoms with E-state index in [1.54, 1.807) is 0 Å². The summed E-state index contributed by atoms with van der Waals surface area (Å²) in [6.07, 6.45) is 19.0. The van der Waals surface area contributed by atoms with Gasteiger partial charge in [-0.15, -0.1) is 0 Å². The zero-order valence-corrected chi connectivity index (χ0v) is 13.9. The van der Waals surface area contributed by atoms with Gasteiger partial charge in [0.15, 0.2) is 0 Å². The molecule has 0 spiro atoms. The van der Waals surface area contributed by atoms with Crippen LogP contribution in [0.3, 0.4) is 0 Å². The van der Waals surface area contributed by atoms with Gasteiger partial charge in [-0.3, -0.25) is 4.79 Å². The van der Waals surface area contributed by atoms with E-state index in [1.165, 1.54) is 56.9 Å². The Morgan fingerprint density at radius 2 is 1.48 bits per heavy atom. The van der Waals surface area contributed by atoms with Crippen LogP contribution in [0.15, 0.2) is 24.3 Å². The molecule has 0 saturated heterocycles. The molecule has 0 radical (unpaired) electrons. The molecule has 122 valence electrons. The van der Waals surface area contributed by atoms with Crippen LogP contribution in [0.1, 0.15) is 90.4 Å². The van der Waals surface area contributed by atoms with E-state index in [0.717, 1.165) is 25.7 Å². The topological polar surface area (TPSA) is 37.3 Å². The first kappa shape index (κ1) is 19.9. The quantitative estimate of drug-likeness (QED) is 0.285. The normalized spacial score (nSPS) is 11.1. The molecule has 0 aliphatic heterocycles. The summed E-state index contributed by atoms with van der Waals surface area (Å²) in [6.45, 7) is 6.34. The molecule has 0 aromatic heterocycles. The lowest BCUT2D eigenvalue weighted by Gasteiger charge is -2.01. The largest absolute Gasteiger partial charge is 0.481 e. The molecule has 0 aromatic carbocycles. The molecule has 0 fully saturated rings. The highest BCUT2D eigenvalue weighted by Crippen LogP contribution is 2.12. The van der Waals surface area contributed by atoms with E-state index in [9.17, 15) is 4.79 Å². The van der Waals surface area contributed by atoms with Crippen LogP contribution in [0.25, 0.3) is 0 Å². The van der Waals surface area contributed by atoms with Crippen molar-refractivity contribution in [1.82, 2.24) is 0 Å². The third-order valence-electron chi connectivity index (χ3n) is 3.72. The smallest absolute Gasteiger partial charge is 0.303 e. The minimum atomic E-state index is -0.678. The first-order chi connectivity index (χ1) is 10.2. The van der Waals surface area contributed by atoms with Gasteiger partial charge in [-0.05, 0) is 32.1 Å². The van der Waals surface area contributed by atoms with Crippen molar-refractivity contribution in [2.24, 2.45) is 0 Å². The Kier molecular flexibility index (Phi) is 14.6. The number of hydrogen-bond acceptors (Lipinski definition) is 1. The molecule has 2 heteroatoms. The Morgan fingerprint density at radius 1 is 0.905 bits per heavy atom. The van der Waals surface area contributed by atoms with Gasteiger partial charge >= 0.3 is 5.97 Å². The standard InChI is InChI=1S/C19H34O2/c1-3-4-5-6-7-9-12-15-18(2)16-13-10-8-11-14-17-19(20)21/h12,15H,2-11,13-14,16-17H2,1H3,(H,20,21). The maximum atomic E-state index is 10.4. The van der Waals surface area contributed by atoms with Crippen molar-refractivity contribution in [3.8, 4) is 0 Å². The van der Waals surface area contributed by atoms with Crippen LogP contribution in [0, 0.1) is 0 Å². The first-order valence-corrected chi connectivity index (χ1v) is 8.73. The summed E-state index contributed by atoms with van der Waals surface area (Å²) in [4.78, 5) is 10.4. The fraction of sp³-hybridized carbons (Fsp3) is 0.737. The molecule has 0 aliphatic carbocycles. The van der Waals surface area contributed by atoms with Crippen LogP contribution < -0.4 is 0 Å². The summed E-state index contributed by atoms with van der Waals surface area (Å²) in [5.74, 6) is -0.678. The number of unbranched alkanes of at least 4 members (excludes halogenated alkanes) is 9. The van der Waals surface area contributed by atoms with E-state index >= 15 is 0 Å². The lowest BCUT2D eigenvalue weighted by atomic mass is 10.0. The Labute approximate surface area is 131 Å². The van der Waals surface area contributed by atoms with Crippen LogP contribution >= 0.6 is 0 Å². The number of rotatable bonds is 15. The number of allylic oxidation sites excluding steroid dienone is 3. The number of carboxylic acids is 1. The van der Waals surface area contributed by atoms with Crippen molar-refractivity contribution in [3.63, 3.8) is 0 Å². The minimum Gasteiger partial charge on any atom is -0.481 e. The maximum absolute atomic E-state index is 10.4. The van der Waals surface area contributed by atoms with Gasteiger partial charge in [0, 0.05) is 6.42 Å². The van der Waals surface area contributed by atoms with Gasteiger partial charge in [0.2, 0.25) is 0 Å². The molecular formula is C19H34O2. The molecule has 0 aliphatic rings. The van der Waals surface area contributed by atoms with Crippen LogP contribution in [-0.2, 0) is 4.79 Å². The third-order valence-corrected chi connectivity index (χ3v) is 3.72. The van der Waals surface area contributed by atoms with Crippen molar-refractivity contribution in [2.45, 2.75) is 90.4 Å². The average molecular weight is 294 g/mol. The van der Waals surface area contributed by atoms with Gasteiger partial charge in [-0.1, -0.05) is 76.2 Å². The molecule has 0 atom stereocenters. The van der Waals surface area contributed by atoms with Crippen molar-refractivity contribution < 1.29 is 9.90 Å². The zero-order valence-electron chi connectivity index (χ0n) is 13.9. The van der Waals surface area contributed by atoms with Crippen LogP contribution in [-0.4, -0.2) is 11.1 Å². The van der Waals surface area contributed by atoms with E-state index in [2.05, 4.69) is 25.7 Å². The lowest BCUT2D eigenvalue weighted by molar-refractivity contribution is -0.137. The Balaban J connectivity index is 3.31. The molecule has 2 nitrogen and oxygen atoms in total. The van der Waals surface area contributed by atoms with Gasteiger partial charge in [0.05, 0.1) is 0 Å². The third kappa shape index (κ3) is 16.9. The van der Waals surface area contributed by atoms with E-state index in [4.69, 9.17) is 5.11 Å². The zero-order chi connectivity index (χ0) is 15.8. The van der Waals surface area contributed by atoms with E-state index < -0.39 is 5.97 Å². The summed E-state index contributed by atoms with van der Waals surface area (Å²) in [5, 5.41) is 8.53. The molecular weight excluding hydrogens is 260 g/mol. The molecule has 1 N–H and O–H groups in total. The Bertz CT molecular complexity index is 292. The van der Waals surface area contributed by atoms with Gasteiger partial charge in [0.1, 0.15) is 0 Å². The molecule has 0 aromatic rings. The summed E-state index contributed by atoms with van der Waals surface area (Å²) in [5.41, 5.74) is 1.23. The van der Waals surface area contributed by atoms with Gasteiger partial charge in [-0.2, -0.15) is 0 Å². The van der Waals surface area contributed by atoms with Crippen LogP contribution in [0.2, 0.25) is 0 Å². The van der Waals surface area contributed by atoms with Crippen molar-refractivity contribution in [1.29, 1.82) is 0 Å². The number of hydrogen-bond donors (Lipinski definition) is 1. The first-order valence-electron chi connectivity index (χ1n) is 8.73. The molecule has 0 rings (SSSR count). The Morgan fingerprint density at radius 3 is 2.14 bits per heavy atom. The number of carbonyl (C=O) groups is 1. The summed E-state index contributed by atoms with van der Waals surface area (Å²) >= 11 is 0. The molecule has 0 unspecified atom stereocenters. The number of carboxylic acid groups (broad SMARTS) is 1. The highest BCUT2D eigenvalue weighted by molar-refractivity contribution is 5.66. The highest BCUT2D eigenvalue weighted by Gasteiger charge is 1.97. The van der Waals surface area contributed by atoms with Gasteiger partial charge in [-0.25, -0.2) is 0 Å². The fourth-order valence-electron chi connectivity index (χ4n) is 2.36. The van der Waals surface area contributed by atoms with E-state index in [-0.39, 0.29) is 0 Å². The molecule has 21 heavy (non-hydrogen) atoms. The van der Waals surface area contributed by atoms with Crippen LogP contribution in [0.5, 0.6) is 0 Å². The van der Waals surface area contributed by atoms with Crippen LogP contribution in [0.4, 0.5) is 0 Å². The summed E-state index contributed by atoms with van der Waals surface area (Å²) in [7, 11) is 0. The molecule has 0 heterocycles. The highest BCUT2D eigenvalue weighted by atomic mass is 16.4. The fourth-order valence-corrected chi connectivity index (χ4v) is 2.36. The monoisotopic (exact) mass is 294 g/mol. The van der Waals surface area contributed by atoms with Crippen molar-refractivity contribution in [3.05, 3.63) is 24.3 Å². The average Bonchev–Trinajstić information content (AvgIpc) is 2.45. The van der Waals surface area contributed by atoms with E-state index in [0.29, 0.717) is 6.42 Å². The molecule has 0 saturated carbocycles. The molecule has 0 amide bonds. The number of aliphatic carboxylic acids is 1. The van der Waals surface area contributed by atoms with Crippen molar-refractivity contribution in [2.75, 3.05) is 0 Å². The van der Waals surface area contributed by atoms with Gasteiger partial charge < -0.3 is 5.11 Å². The second-order valence-corrected chi connectivity index (χ2v) is 5.93. The predicted molar refractivity (Wildman–Crippen MR) is 91.6 cm³/mol. The lowest BCUT2D eigenvalue weighted by Crippen LogP contribution is -1.93. The maximum Gasteiger partial charge on any atom is 0.303 e. The molecule has 0 bridgehead atoms. The second-order valence-electron chi connectivity index (χ2n) is 5.93. The van der Waals surface area contributed by atoms with Gasteiger partial charge in [0.25, 0.3) is 0 Å².